The van der Waals surface area contributed by atoms with Gasteiger partial charge in [-0.3, -0.25) is 4.79 Å². The van der Waals surface area contributed by atoms with E-state index in [1.807, 2.05) is 6.07 Å². The third kappa shape index (κ3) is 4.80. The van der Waals surface area contributed by atoms with Gasteiger partial charge in [-0.15, -0.1) is 0 Å². The molecule has 0 saturated carbocycles. The summed E-state index contributed by atoms with van der Waals surface area (Å²) >= 11 is 6.26. The van der Waals surface area contributed by atoms with E-state index in [2.05, 4.69) is 16.7 Å². The topological polar surface area (TPSA) is 85.2 Å². The van der Waals surface area contributed by atoms with Crippen LogP contribution in [0.4, 0.5) is 5.69 Å². The molecule has 5 nitrogen and oxygen atoms in total. The third-order valence-electron chi connectivity index (χ3n) is 3.45. The van der Waals surface area contributed by atoms with Crippen molar-refractivity contribution >= 4 is 23.2 Å². The van der Waals surface area contributed by atoms with Crippen LogP contribution < -0.4 is 10.6 Å². The minimum absolute atomic E-state index is 0.0711. The lowest BCUT2D eigenvalue weighted by molar-refractivity contribution is 0.102. The van der Waals surface area contributed by atoms with Gasteiger partial charge in [-0.05, 0) is 42.8 Å². The Kier molecular flexibility index (Phi) is 6.76. The number of nitrogens with one attached hydrogen (secondary N) is 2. The minimum atomic E-state index is -0.291. The summed E-state index contributed by atoms with van der Waals surface area (Å²) in [5, 5.41) is 24.3. The highest BCUT2D eigenvalue weighted by atomic mass is 35.5. The number of anilines is 1. The number of carbonyl (C=O) groups is 1. The molecule has 0 aromatic heterocycles. The summed E-state index contributed by atoms with van der Waals surface area (Å²) < 4.78 is 0. The molecule has 0 spiro atoms. The molecular weight excluding hydrogens is 326 g/mol. The van der Waals surface area contributed by atoms with E-state index < -0.39 is 0 Å². The van der Waals surface area contributed by atoms with Crippen LogP contribution in [0.2, 0.25) is 5.02 Å². The van der Waals surface area contributed by atoms with E-state index >= 15 is 0 Å². The second-order valence-corrected chi connectivity index (χ2v) is 5.55. The van der Waals surface area contributed by atoms with Crippen LogP contribution in [-0.2, 0) is 6.42 Å². The lowest BCUT2D eigenvalue weighted by Gasteiger charge is -2.11. The second-order valence-electron chi connectivity index (χ2n) is 5.14. The highest BCUT2D eigenvalue weighted by Gasteiger charge is 2.12. The number of benzene rings is 2. The van der Waals surface area contributed by atoms with Gasteiger partial charge in [0.15, 0.2) is 0 Å². The molecule has 3 N–H and O–H groups in total. The van der Waals surface area contributed by atoms with Crippen molar-refractivity contribution in [2.45, 2.75) is 6.42 Å². The summed E-state index contributed by atoms with van der Waals surface area (Å²) in [6.45, 7) is 1.22. The molecule has 0 radical (unpaired) electrons. The Labute approximate surface area is 145 Å². The van der Waals surface area contributed by atoms with Gasteiger partial charge in [-0.2, -0.15) is 5.26 Å². The van der Waals surface area contributed by atoms with E-state index in [4.69, 9.17) is 16.7 Å². The highest BCUT2D eigenvalue weighted by Crippen LogP contribution is 2.26. The molecule has 0 fully saturated rings. The van der Waals surface area contributed by atoms with E-state index in [1.54, 1.807) is 36.4 Å². The average molecular weight is 344 g/mol. The fraction of sp³-hybridized carbons (Fsp3) is 0.222. The molecule has 0 aliphatic heterocycles. The van der Waals surface area contributed by atoms with Crippen LogP contribution in [0.3, 0.4) is 0 Å². The first kappa shape index (κ1) is 18.0. The van der Waals surface area contributed by atoms with E-state index in [9.17, 15) is 10.1 Å². The van der Waals surface area contributed by atoms with Crippen molar-refractivity contribution in [1.29, 1.82) is 5.26 Å². The normalized spacial score (nSPS) is 10.2. The maximum Gasteiger partial charge on any atom is 0.255 e. The van der Waals surface area contributed by atoms with Gasteiger partial charge in [0, 0.05) is 17.1 Å². The second kappa shape index (κ2) is 9.04. The van der Waals surface area contributed by atoms with E-state index in [0.29, 0.717) is 41.3 Å². The molecule has 0 aliphatic rings. The summed E-state index contributed by atoms with van der Waals surface area (Å²) in [4.78, 5) is 12.2. The van der Waals surface area contributed by atoms with Gasteiger partial charge < -0.3 is 15.7 Å². The number of nitrogens with zero attached hydrogens (tertiary/aromatic N) is 1. The molecule has 0 unspecified atom stereocenters. The Balaban J connectivity index is 2.14. The van der Waals surface area contributed by atoms with Crippen molar-refractivity contribution in [3.8, 4) is 6.07 Å². The van der Waals surface area contributed by atoms with Crippen LogP contribution in [0.15, 0.2) is 42.5 Å². The maximum absolute atomic E-state index is 12.2. The minimum Gasteiger partial charge on any atom is -0.395 e. The molecule has 0 saturated heterocycles. The summed E-state index contributed by atoms with van der Waals surface area (Å²) in [6, 6.07) is 14.1. The highest BCUT2D eigenvalue weighted by molar-refractivity contribution is 6.31. The standard InChI is InChI=1S/C18H18ClN3O2/c19-16-11-17(22-18(24)13-4-2-1-3-5-13)15(12-20)10-14(16)6-7-21-8-9-23/h1-5,10-11,21,23H,6-9H2,(H,22,24). The van der Waals surface area contributed by atoms with Gasteiger partial charge in [0.1, 0.15) is 6.07 Å². The Hall–Kier alpha value is -2.39. The van der Waals surface area contributed by atoms with Gasteiger partial charge in [0.2, 0.25) is 0 Å². The Morgan fingerprint density at radius 2 is 1.96 bits per heavy atom. The number of rotatable bonds is 7. The maximum atomic E-state index is 12.2. The van der Waals surface area contributed by atoms with Crippen molar-refractivity contribution in [3.05, 3.63) is 64.2 Å². The predicted molar refractivity (Wildman–Crippen MR) is 94.2 cm³/mol. The monoisotopic (exact) mass is 343 g/mol. The van der Waals surface area contributed by atoms with E-state index in [1.165, 1.54) is 0 Å². The quantitative estimate of drug-likeness (QED) is 0.674. The largest absolute Gasteiger partial charge is 0.395 e. The number of aliphatic hydroxyl groups is 1. The van der Waals surface area contributed by atoms with Crippen molar-refractivity contribution < 1.29 is 9.90 Å². The predicted octanol–water partition coefficient (Wildman–Crippen LogP) is 2.59. The molecule has 0 heterocycles. The number of hydrogen-bond acceptors (Lipinski definition) is 4. The number of amides is 1. The lowest BCUT2D eigenvalue weighted by atomic mass is 10.1. The molecule has 1 amide bonds. The number of nitriles is 1. The zero-order valence-corrected chi connectivity index (χ0v) is 13.8. The van der Waals surface area contributed by atoms with E-state index in [-0.39, 0.29) is 12.5 Å². The molecule has 124 valence electrons. The van der Waals surface area contributed by atoms with E-state index in [0.717, 1.165) is 5.56 Å². The summed E-state index contributed by atoms with van der Waals surface area (Å²) in [6.07, 6.45) is 0.625. The van der Waals surface area contributed by atoms with Crippen molar-refractivity contribution in [3.63, 3.8) is 0 Å². The lowest BCUT2D eigenvalue weighted by Crippen LogP contribution is -2.21. The van der Waals surface area contributed by atoms with Crippen LogP contribution >= 0.6 is 11.6 Å². The molecule has 2 aromatic rings. The third-order valence-corrected chi connectivity index (χ3v) is 3.80. The molecule has 0 aliphatic carbocycles. The zero-order valence-electron chi connectivity index (χ0n) is 13.1. The summed E-state index contributed by atoms with van der Waals surface area (Å²) in [5.74, 6) is -0.291. The molecule has 6 heteroatoms. The zero-order chi connectivity index (χ0) is 17.4. The van der Waals surface area contributed by atoms with Crippen molar-refractivity contribution in [1.82, 2.24) is 5.32 Å². The Bertz CT molecular complexity index is 742. The number of hydrogen-bond donors (Lipinski definition) is 3. The summed E-state index contributed by atoms with van der Waals surface area (Å²) in [7, 11) is 0. The number of halogens is 1. The first-order chi connectivity index (χ1) is 11.7. The molecule has 0 bridgehead atoms. The first-order valence-electron chi connectivity index (χ1n) is 7.56. The van der Waals surface area contributed by atoms with Crippen LogP contribution in [-0.4, -0.2) is 30.7 Å². The molecular formula is C18H18ClN3O2. The van der Waals surface area contributed by atoms with Gasteiger partial charge in [-0.25, -0.2) is 0 Å². The molecule has 2 rings (SSSR count). The fourth-order valence-corrected chi connectivity index (χ4v) is 2.47. The van der Waals surface area contributed by atoms with Crippen LogP contribution in [0, 0.1) is 11.3 Å². The Morgan fingerprint density at radius 1 is 1.21 bits per heavy atom. The molecule has 0 atom stereocenters. The number of carbonyl (C=O) groups excluding carboxylic acids is 1. The van der Waals surface area contributed by atoms with Gasteiger partial charge in [-0.1, -0.05) is 29.8 Å². The average Bonchev–Trinajstić information content (AvgIpc) is 2.61. The van der Waals surface area contributed by atoms with Gasteiger partial charge in [0.25, 0.3) is 5.91 Å². The molecule has 2 aromatic carbocycles. The SMILES string of the molecule is N#Cc1cc(CCNCCO)c(Cl)cc1NC(=O)c1ccccc1. The van der Waals surface area contributed by atoms with Gasteiger partial charge in [0.05, 0.1) is 17.9 Å². The Morgan fingerprint density at radius 3 is 2.62 bits per heavy atom. The van der Waals surface area contributed by atoms with Crippen LogP contribution in [0.1, 0.15) is 21.5 Å². The van der Waals surface area contributed by atoms with Crippen molar-refractivity contribution in [2.24, 2.45) is 0 Å². The van der Waals surface area contributed by atoms with Gasteiger partial charge >= 0.3 is 0 Å². The molecule has 24 heavy (non-hydrogen) atoms. The number of aliphatic hydroxyl groups excluding tert-OH is 1. The summed E-state index contributed by atoms with van der Waals surface area (Å²) in [5.41, 5.74) is 2.08. The van der Waals surface area contributed by atoms with Crippen molar-refractivity contribution in [2.75, 3.05) is 25.0 Å². The fourth-order valence-electron chi connectivity index (χ4n) is 2.22. The van der Waals surface area contributed by atoms with Crippen LogP contribution in [0.5, 0.6) is 0 Å². The first-order valence-corrected chi connectivity index (χ1v) is 7.94. The smallest absolute Gasteiger partial charge is 0.255 e. The van der Waals surface area contributed by atoms with Crippen LogP contribution in [0.25, 0.3) is 0 Å².